The molecule has 92 valence electrons. The third-order valence-corrected chi connectivity index (χ3v) is 3.64. The zero-order valence-electron chi connectivity index (χ0n) is 9.95. The summed E-state index contributed by atoms with van der Waals surface area (Å²) in [6.07, 6.45) is 4.12. The van der Waals surface area contributed by atoms with E-state index in [-0.39, 0.29) is 0 Å². The SMILES string of the molecule is CCCc1nc(CCC)c(-c2n[nH]c(=S)o2)s1. The van der Waals surface area contributed by atoms with Crippen LogP contribution < -0.4 is 0 Å². The van der Waals surface area contributed by atoms with Gasteiger partial charge in [0.2, 0.25) is 0 Å². The number of aryl methyl sites for hydroxylation is 2. The number of nitrogens with one attached hydrogen (secondary N) is 1. The lowest BCUT2D eigenvalue weighted by Gasteiger charge is -1.94. The molecule has 0 unspecified atom stereocenters. The van der Waals surface area contributed by atoms with Crippen LogP contribution >= 0.6 is 23.6 Å². The Kier molecular flexibility index (Phi) is 4.06. The first-order valence-electron chi connectivity index (χ1n) is 5.79. The zero-order chi connectivity index (χ0) is 12.3. The average Bonchev–Trinajstić information content (AvgIpc) is 2.86. The Bertz CT molecular complexity index is 541. The third-order valence-electron chi connectivity index (χ3n) is 2.32. The summed E-state index contributed by atoms with van der Waals surface area (Å²) in [7, 11) is 0. The molecular weight excluding hydrogens is 254 g/mol. The molecule has 0 spiro atoms. The van der Waals surface area contributed by atoms with Crippen molar-refractivity contribution in [3.05, 3.63) is 15.5 Å². The first kappa shape index (κ1) is 12.4. The number of thiazole rings is 1. The van der Waals surface area contributed by atoms with Crippen molar-refractivity contribution in [1.29, 1.82) is 0 Å². The molecule has 4 nitrogen and oxygen atoms in total. The van der Waals surface area contributed by atoms with Crippen LogP contribution in [0, 0.1) is 4.84 Å². The predicted octanol–water partition coefficient (Wildman–Crippen LogP) is 3.76. The number of aromatic nitrogens is 3. The second-order valence-electron chi connectivity index (χ2n) is 3.80. The van der Waals surface area contributed by atoms with Crippen molar-refractivity contribution in [1.82, 2.24) is 15.2 Å². The molecule has 0 aliphatic rings. The van der Waals surface area contributed by atoms with E-state index in [1.165, 1.54) is 0 Å². The van der Waals surface area contributed by atoms with Gasteiger partial charge in [0.1, 0.15) is 4.88 Å². The molecule has 2 aromatic rings. The highest BCUT2D eigenvalue weighted by Gasteiger charge is 2.16. The highest BCUT2D eigenvalue weighted by Crippen LogP contribution is 2.30. The van der Waals surface area contributed by atoms with Gasteiger partial charge >= 0.3 is 0 Å². The molecule has 0 radical (unpaired) electrons. The van der Waals surface area contributed by atoms with Gasteiger partial charge in [0, 0.05) is 0 Å². The Labute approximate surface area is 109 Å². The van der Waals surface area contributed by atoms with Crippen LogP contribution in [0.4, 0.5) is 0 Å². The molecule has 2 heterocycles. The molecule has 0 aliphatic carbocycles. The van der Waals surface area contributed by atoms with E-state index < -0.39 is 0 Å². The summed E-state index contributed by atoms with van der Waals surface area (Å²) in [5.74, 6) is 0.568. The summed E-state index contributed by atoms with van der Waals surface area (Å²) in [6.45, 7) is 4.30. The first-order valence-corrected chi connectivity index (χ1v) is 7.01. The molecule has 0 saturated carbocycles. The highest BCUT2D eigenvalue weighted by atomic mass is 32.1. The van der Waals surface area contributed by atoms with Crippen molar-refractivity contribution in [3.63, 3.8) is 0 Å². The average molecular weight is 269 g/mol. The van der Waals surface area contributed by atoms with Crippen LogP contribution in [0.25, 0.3) is 10.8 Å². The molecule has 6 heteroatoms. The fraction of sp³-hybridized carbons (Fsp3) is 0.545. The molecule has 2 rings (SSSR count). The molecule has 0 bridgehead atoms. The van der Waals surface area contributed by atoms with E-state index in [2.05, 4.69) is 29.0 Å². The molecule has 0 saturated heterocycles. The Hall–Kier alpha value is -1.01. The number of H-pyrrole nitrogens is 1. The fourth-order valence-electron chi connectivity index (χ4n) is 1.62. The normalized spacial score (nSPS) is 10.9. The molecule has 0 atom stereocenters. The second-order valence-corrected chi connectivity index (χ2v) is 5.26. The summed E-state index contributed by atoms with van der Waals surface area (Å²) < 4.78 is 5.37. The summed E-state index contributed by atoms with van der Waals surface area (Å²) in [4.78, 5) is 5.98. The molecule has 0 amide bonds. The standard InChI is InChI=1S/C11H15N3OS2/c1-3-5-7-9(10-13-14-11(16)15-10)17-8(12-7)6-4-2/h3-6H2,1-2H3,(H,14,16). The van der Waals surface area contributed by atoms with Crippen molar-refractivity contribution in [3.8, 4) is 10.8 Å². The minimum absolute atomic E-state index is 0.313. The number of aromatic amines is 1. The third kappa shape index (κ3) is 2.81. The molecule has 17 heavy (non-hydrogen) atoms. The predicted molar refractivity (Wildman–Crippen MR) is 70.8 cm³/mol. The van der Waals surface area contributed by atoms with Crippen LogP contribution in [0.1, 0.15) is 37.4 Å². The second kappa shape index (κ2) is 5.55. The van der Waals surface area contributed by atoms with E-state index in [0.717, 1.165) is 41.3 Å². The molecule has 0 aromatic carbocycles. The van der Waals surface area contributed by atoms with Gasteiger partial charge in [0.25, 0.3) is 10.7 Å². The maximum absolute atomic E-state index is 5.37. The monoisotopic (exact) mass is 269 g/mol. The van der Waals surface area contributed by atoms with E-state index in [1.54, 1.807) is 11.3 Å². The highest BCUT2D eigenvalue weighted by molar-refractivity contribution is 7.71. The van der Waals surface area contributed by atoms with Crippen molar-refractivity contribution in [2.45, 2.75) is 39.5 Å². The number of hydrogen-bond acceptors (Lipinski definition) is 5. The van der Waals surface area contributed by atoms with Crippen LogP contribution in [-0.4, -0.2) is 15.2 Å². The Balaban J connectivity index is 2.39. The van der Waals surface area contributed by atoms with Crippen molar-refractivity contribution >= 4 is 23.6 Å². The molecule has 0 fully saturated rings. The quantitative estimate of drug-likeness (QED) is 0.840. The van der Waals surface area contributed by atoms with Crippen LogP contribution in [0.3, 0.4) is 0 Å². The first-order chi connectivity index (χ1) is 8.24. The van der Waals surface area contributed by atoms with Gasteiger partial charge in [-0.25, -0.2) is 10.1 Å². The summed E-state index contributed by atoms with van der Waals surface area (Å²) in [6, 6.07) is 0. The molecular formula is C11H15N3OS2. The minimum Gasteiger partial charge on any atom is -0.408 e. The van der Waals surface area contributed by atoms with Crippen LogP contribution in [0.5, 0.6) is 0 Å². The maximum atomic E-state index is 5.37. The number of rotatable bonds is 5. The zero-order valence-corrected chi connectivity index (χ0v) is 11.6. The molecule has 2 aromatic heterocycles. The summed E-state index contributed by atoms with van der Waals surface area (Å²) >= 11 is 6.56. The topological polar surface area (TPSA) is 54.7 Å². The Morgan fingerprint density at radius 3 is 2.65 bits per heavy atom. The fourth-order valence-corrected chi connectivity index (χ4v) is 2.88. The molecule has 0 aliphatic heterocycles. The smallest absolute Gasteiger partial charge is 0.284 e. The van der Waals surface area contributed by atoms with Gasteiger partial charge in [-0.15, -0.1) is 16.4 Å². The number of hydrogen-bond donors (Lipinski definition) is 1. The lowest BCUT2D eigenvalue weighted by Crippen LogP contribution is -1.88. The van der Waals surface area contributed by atoms with Crippen LogP contribution in [0.2, 0.25) is 0 Å². The largest absolute Gasteiger partial charge is 0.408 e. The van der Waals surface area contributed by atoms with Gasteiger partial charge in [0.15, 0.2) is 0 Å². The summed E-state index contributed by atoms with van der Waals surface area (Å²) in [5.41, 5.74) is 1.08. The van der Waals surface area contributed by atoms with E-state index in [0.29, 0.717) is 10.7 Å². The van der Waals surface area contributed by atoms with E-state index in [4.69, 9.17) is 16.6 Å². The van der Waals surface area contributed by atoms with Gasteiger partial charge in [-0.05, 0) is 31.5 Å². The Morgan fingerprint density at radius 2 is 2.06 bits per heavy atom. The van der Waals surface area contributed by atoms with Gasteiger partial charge in [0.05, 0.1) is 10.7 Å². The number of nitrogens with zero attached hydrogens (tertiary/aromatic N) is 2. The van der Waals surface area contributed by atoms with Crippen LogP contribution in [-0.2, 0) is 12.8 Å². The minimum atomic E-state index is 0.313. The summed E-state index contributed by atoms with van der Waals surface area (Å²) in [5, 5.41) is 7.88. The van der Waals surface area contributed by atoms with E-state index in [1.807, 2.05) is 0 Å². The van der Waals surface area contributed by atoms with Crippen molar-refractivity contribution < 1.29 is 4.42 Å². The van der Waals surface area contributed by atoms with Crippen molar-refractivity contribution in [2.24, 2.45) is 0 Å². The van der Waals surface area contributed by atoms with Gasteiger partial charge in [-0.3, -0.25) is 0 Å². The lowest BCUT2D eigenvalue weighted by molar-refractivity contribution is 0.552. The van der Waals surface area contributed by atoms with E-state index >= 15 is 0 Å². The van der Waals surface area contributed by atoms with Crippen LogP contribution in [0.15, 0.2) is 4.42 Å². The van der Waals surface area contributed by atoms with Gasteiger partial charge < -0.3 is 4.42 Å². The van der Waals surface area contributed by atoms with Gasteiger partial charge in [-0.1, -0.05) is 20.3 Å². The van der Waals surface area contributed by atoms with E-state index in [9.17, 15) is 0 Å². The van der Waals surface area contributed by atoms with Crippen molar-refractivity contribution in [2.75, 3.05) is 0 Å². The lowest BCUT2D eigenvalue weighted by atomic mass is 10.2. The molecule has 1 N–H and O–H groups in total. The maximum Gasteiger partial charge on any atom is 0.284 e. The Morgan fingerprint density at radius 1 is 1.29 bits per heavy atom. The van der Waals surface area contributed by atoms with Gasteiger partial charge in [-0.2, -0.15) is 0 Å².